The number of ether oxygens (including phenoxy) is 2. The van der Waals surface area contributed by atoms with Gasteiger partial charge in [-0.05, 0) is 49.4 Å². The smallest absolute Gasteiger partial charge is 0.244 e. The molecule has 2 atom stereocenters. The normalized spacial score (nSPS) is 17.5. The van der Waals surface area contributed by atoms with Crippen molar-refractivity contribution in [3.63, 3.8) is 0 Å². The van der Waals surface area contributed by atoms with Gasteiger partial charge in [0.15, 0.2) is 0 Å². The van der Waals surface area contributed by atoms with Crippen molar-refractivity contribution < 1.29 is 22.7 Å². The molecule has 1 heterocycles. The predicted octanol–water partition coefficient (Wildman–Crippen LogP) is 2.19. The van der Waals surface area contributed by atoms with Gasteiger partial charge in [-0.15, -0.1) is 0 Å². The van der Waals surface area contributed by atoms with Crippen molar-refractivity contribution in [2.75, 3.05) is 20.3 Å². The molecule has 2 aromatic rings. The molecule has 3 rings (SSSR count). The summed E-state index contributed by atoms with van der Waals surface area (Å²) in [6.45, 7) is 2.85. The highest BCUT2D eigenvalue weighted by Gasteiger charge is 2.29. The van der Waals surface area contributed by atoms with Gasteiger partial charge < -0.3 is 14.8 Å². The molecule has 1 aliphatic heterocycles. The van der Waals surface area contributed by atoms with Crippen LogP contribution in [0.1, 0.15) is 24.0 Å². The van der Waals surface area contributed by atoms with Gasteiger partial charge in [-0.25, -0.2) is 8.42 Å². The molecule has 1 saturated heterocycles. The van der Waals surface area contributed by atoms with Gasteiger partial charge in [0.2, 0.25) is 15.9 Å². The van der Waals surface area contributed by atoms with E-state index < -0.39 is 16.1 Å². The molecule has 1 aliphatic rings. The van der Waals surface area contributed by atoms with Gasteiger partial charge >= 0.3 is 0 Å². The number of aryl methyl sites for hydroxylation is 1. The summed E-state index contributed by atoms with van der Waals surface area (Å²) in [5.41, 5.74) is 1.63. The summed E-state index contributed by atoms with van der Waals surface area (Å²) >= 11 is 0. The number of methoxy groups -OCH3 is 1. The molecule has 30 heavy (non-hydrogen) atoms. The van der Waals surface area contributed by atoms with Crippen LogP contribution < -0.4 is 14.8 Å². The van der Waals surface area contributed by atoms with Crippen molar-refractivity contribution in [1.29, 1.82) is 0 Å². The number of benzene rings is 2. The molecular formula is C22H28N2O5S. The second-order valence-electron chi connectivity index (χ2n) is 7.40. The van der Waals surface area contributed by atoms with Gasteiger partial charge in [-0.1, -0.05) is 36.4 Å². The summed E-state index contributed by atoms with van der Waals surface area (Å²) in [4.78, 5) is 12.9. The number of hydrogen-bond donors (Lipinski definition) is 2. The van der Waals surface area contributed by atoms with Crippen molar-refractivity contribution in [2.45, 2.75) is 43.2 Å². The third-order valence-corrected chi connectivity index (χ3v) is 6.53. The van der Waals surface area contributed by atoms with Gasteiger partial charge in [0, 0.05) is 13.2 Å². The number of carbonyl (C=O) groups excluding carboxylic acids is 1. The first-order valence-corrected chi connectivity index (χ1v) is 11.5. The summed E-state index contributed by atoms with van der Waals surface area (Å²) in [5.74, 6) is -0.157. The van der Waals surface area contributed by atoms with Crippen molar-refractivity contribution in [2.24, 2.45) is 0 Å². The monoisotopic (exact) mass is 432 g/mol. The topological polar surface area (TPSA) is 93.7 Å². The van der Waals surface area contributed by atoms with Crippen LogP contribution in [0, 0.1) is 6.92 Å². The highest BCUT2D eigenvalue weighted by Crippen LogP contribution is 2.25. The van der Waals surface area contributed by atoms with E-state index >= 15 is 0 Å². The summed E-state index contributed by atoms with van der Waals surface area (Å²) in [7, 11) is -2.58. The van der Waals surface area contributed by atoms with E-state index in [-0.39, 0.29) is 29.1 Å². The number of nitrogens with one attached hydrogen (secondary N) is 2. The van der Waals surface area contributed by atoms with E-state index in [0.717, 1.165) is 24.0 Å². The van der Waals surface area contributed by atoms with Crippen LogP contribution in [0.25, 0.3) is 0 Å². The lowest BCUT2D eigenvalue weighted by atomic mass is 10.1. The number of hydrogen-bond acceptors (Lipinski definition) is 5. The lowest BCUT2D eigenvalue weighted by Crippen LogP contribution is -2.49. The average molecular weight is 433 g/mol. The molecule has 2 N–H and O–H groups in total. The van der Waals surface area contributed by atoms with Crippen LogP contribution >= 0.6 is 0 Å². The van der Waals surface area contributed by atoms with Gasteiger partial charge in [0.05, 0.1) is 13.2 Å². The van der Waals surface area contributed by atoms with E-state index in [9.17, 15) is 13.2 Å². The van der Waals surface area contributed by atoms with Crippen LogP contribution in [0.15, 0.2) is 53.4 Å². The van der Waals surface area contributed by atoms with Gasteiger partial charge in [0.25, 0.3) is 0 Å². The van der Waals surface area contributed by atoms with E-state index in [0.29, 0.717) is 13.2 Å². The van der Waals surface area contributed by atoms with E-state index in [1.165, 1.54) is 13.2 Å². The Morgan fingerprint density at radius 2 is 2.00 bits per heavy atom. The molecular weight excluding hydrogens is 404 g/mol. The van der Waals surface area contributed by atoms with E-state index in [1.54, 1.807) is 19.1 Å². The second-order valence-corrected chi connectivity index (χ2v) is 9.08. The van der Waals surface area contributed by atoms with Crippen molar-refractivity contribution >= 4 is 15.9 Å². The average Bonchev–Trinajstić information content (AvgIpc) is 3.26. The summed E-state index contributed by atoms with van der Waals surface area (Å²) in [6.07, 6.45) is 2.05. The minimum atomic E-state index is -3.99. The van der Waals surface area contributed by atoms with Gasteiger partial charge in [-0.3, -0.25) is 4.79 Å². The maximum Gasteiger partial charge on any atom is 0.244 e. The molecule has 1 fully saturated rings. The Balaban J connectivity index is 1.81. The Hall–Kier alpha value is -2.42. The fourth-order valence-corrected chi connectivity index (χ4v) is 4.87. The van der Waals surface area contributed by atoms with Crippen molar-refractivity contribution in [1.82, 2.24) is 10.0 Å². The number of amides is 1. The molecule has 1 amide bonds. The fourth-order valence-electron chi connectivity index (χ4n) is 3.43. The van der Waals surface area contributed by atoms with Crippen molar-refractivity contribution in [3.8, 4) is 5.75 Å². The number of rotatable bonds is 9. The second kappa shape index (κ2) is 10.1. The molecule has 0 aromatic heterocycles. The lowest BCUT2D eigenvalue weighted by molar-refractivity contribution is -0.123. The van der Waals surface area contributed by atoms with E-state index in [4.69, 9.17) is 9.47 Å². The summed E-state index contributed by atoms with van der Waals surface area (Å²) < 4.78 is 39.6. The largest absolute Gasteiger partial charge is 0.495 e. The SMILES string of the molecule is COc1ccc(C)cc1S(=O)(=O)N[C@@H](Cc1ccccc1)C(=O)NC[C@H]1CCCO1. The maximum absolute atomic E-state index is 13.1. The molecule has 8 heteroatoms. The first-order valence-electron chi connectivity index (χ1n) is 9.99. The van der Waals surface area contributed by atoms with E-state index in [2.05, 4.69) is 10.0 Å². The molecule has 0 aliphatic carbocycles. The molecule has 2 aromatic carbocycles. The van der Waals surface area contributed by atoms with Crippen LogP contribution in [-0.2, 0) is 26.0 Å². The molecule has 0 bridgehead atoms. The van der Waals surface area contributed by atoms with Crippen LogP contribution in [-0.4, -0.2) is 46.7 Å². The number of carbonyl (C=O) groups is 1. The minimum Gasteiger partial charge on any atom is -0.495 e. The van der Waals surface area contributed by atoms with Crippen LogP contribution in [0.3, 0.4) is 0 Å². The Kier molecular flexibility index (Phi) is 7.47. The molecule has 7 nitrogen and oxygen atoms in total. The third-order valence-electron chi connectivity index (χ3n) is 5.03. The third kappa shape index (κ3) is 5.81. The summed E-state index contributed by atoms with van der Waals surface area (Å²) in [5, 5.41) is 2.84. The Morgan fingerprint density at radius 1 is 1.23 bits per heavy atom. The predicted molar refractivity (Wildman–Crippen MR) is 114 cm³/mol. The molecule has 0 unspecified atom stereocenters. The van der Waals surface area contributed by atoms with Gasteiger partial charge in [0.1, 0.15) is 16.7 Å². The minimum absolute atomic E-state index is 0.00925. The zero-order valence-corrected chi connectivity index (χ0v) is 18.1. The van der Waals surface area contributed by atoms with Crippen molar-refractivity contribution in [3.05, 3.63) is 59.7 Å². The first kappa shape index (κ1) is 22.3. The standard InChI is InChI=1S/C22H28N2O5S/c1-16-10-11-20(28-2)21(13-16)30(26,27)24-19(14-17-7-4-3-5-8-17)22(25)23-15-18-9-6-12-29-18/h3-5,7-8,10-11,13,18-19,24H,6,9,12,14-15H2,1-2H3,(H,23,25)/t18-,19+/m1/s1. The quantitative estimate of drug-likeness (QED) is 0.634. The molecule has 0 radical (unpaired) electrons. The van der Waals surface area contributed by atoms with Crippen LogP contribution in [0.2, 0.25) is 0 Å². The first-order chi connectivity index (χ1) is 14.4. The maximum atomic E-state index is 13.1. The van der Waals surface area contributed by atoms with Crippen LogP contribution in [0.4, 0.5) is 0 Å². The fraction of sp³-hybridized carbons (Fsp3) is 0.409. The Bertz CT molecular complexity index is 957. The van der Waals surface area contributed by atoms with Gasteiger partial charge in [-0.2, -0.15) is 4.72 Å². The van der Waals surface area contributed by atoms with Crippen LogP contribution in [0.5, 0.6) is 5.75 Å². The number of sulfonamides is 1. The molecule has 0 saturated carbocycles. The molecule has 162 valence electrons. The Morgan fingerprint density at radius 3 is 2.67 bits per heavy atom. The molecule has 0 spiro atoms. The Labute approximate surface area is 177 Å². The lowest BCUT2D eigenvalue weighted by Gasteiger charge is -2.21. The van der Waals surface area contributed by atoms with E-state index in [1.807, 2.05) is 30.3 Å². The summed E-state index contributed by atoms with van der Waals surface area (Å²) in [6, 6.07) is 13.3. The highest BCUT2D eigenvalue weighted by molar-refractivity contribution is 7.89. The highest BCUT2D eigenvalue weighted by atomic mass is 32.2. The zero-order chi connectivity index (χ0) is 21.6. The zero-order valence-electron chi connectivity index (χ0n) is 17.3.